The maximum absolute atomic E-state index is 13.3. The van der Waals surface area contributed by atoms with Crippen molar-refractivity contribution in [1.29, 1.82) is 0 Å². The molecule has 0 unspecified atom stereocenters. The Morgan fingerprint density at radius 1 is 1.25 bits per heavy atom. The van der Waals surface area contributed by atoms with Crippen molar-refractivity contribution < 1.29 is 14.2 Å². The lowest BCUT2D eigenvalue weighted by Crippen LogP contribution is -2.33. The van der Waals surface area contributed by atoms with Crippen LogP contribution < -0.4 is 4.74 Å². The Bertz CT molecular complexity index is 487. The third-order valence-electron chi connectivity index (χ3n) is 3.36. The largest absolute Gasteiger partial charge is 0.491 e. The van der Waals surface area contributed by atoms with Gasteiger partial charge in [-0.2, -0.15) is 0 Å². The maximum atomic E-state index is 13.3. The van der Waals surface area contributed by atoms with E-state index in [1.807, 2.05) is 0 Å². The minimum absolute atomic E-state index is 0.218. The van der Waals surface area contributed by atoms with Gasteiger partial charge in [0.1, 0.15) is 24.8 Å². The Kier molecular flexibility index (Phi) is 5.85. The Labute approximate surface area is 119 Å². The molecule has 1 saturated heterocycles. The summed E-state index contributed by atoms with van der Waals surface area (Å²) in [6, 6.07) is 4.27. The number of aliphatic hydroxyl groups excluding tert-OH is 1. The van der Waals surface area contributed by atoms with E-state index >= 15 is 0 Å². The van der Waals surface area contributed by atoms with E-state index in [-0.39, 0.29) is 12.4 Å². The second-order valence-electron chi connectivity index (χ2n) is 4.85. The summed E-state index contributed by atoms with van der Waals surface area (Å²) in [5, 5.41) is 8.72. The summed E-state index contributed by atoms with van der Waals surface area (Å²) >= 11 is 0. The van der Waals surface area contributed by atoms with Crippen LogP contribution in [-0.2, 0) is 0 Å². The first-order valence-corrected chi connectivity index (χ1v) is 7.04. The van der Waals surface area contributed by atoms with E-state index in [2.05, 4.69) is 16.7 Å². The van der Waals surface area contributed by atoms with Crippen LogP contribution in [0.2, 0.25) is 0 Å². The number of hydrogen-bond donors (Lipinski definition) is 1. The normalized spacial score (nSPS) is 15.5. The number of hydrogen-bond acceptors (Lipinski definition) is 3. The first-order valence-electron chi connectivity index (χ1n) is 7.04. The third kappa shape index (κ3) is 4.52. The van der Waals surface area contributed by atoms with Crippen LogP contribution in [0, 0.1) is 17.7 Å². The number of likely N-dealkylation sites (tertiary alicyclic amines) is 1. The number of ether oxygens (including phenoxy) is 1. The summed E-state index contributed by atoms with van der Waals surface area (Å²) in [6.45, 7) is 3.39. The van der Waals surface area contributed by atoms with E-state index < -0.39 is 0 Å². The van der Waals surface area contributed by atoms with Crippen LogP contribution >= 0.6 is 0 Å². The second-order valence-corrected chi connectivity index (χ2v) is 4.85. The molecule has 20 heavy (non-hydrogen) atoms. The zero-order chi connectivity index (χ0) is 14.2. The van der Waals surface area contributed by atoms with Crippen LogP contribution in [0.15, 0.2) is 18.2 Å². The quantitative estimate of drug-likeness (QED) is 0.855. The van der Waals surface area contributed by atoms with Crippen molar-refractivity contribution >= 4 is 0 Å². The van der Waals surface area contributed by atoms with Crippen LogP contribution in [0.5, 0.6) is 5.75 Å². The van der Waals surface area contributed by atoms with E-state index in [0.717, 1.165) is 19.6 Å². The third-order valence-corrected chi connectivity index (χ3v) is 3.36. The highest BCUT2D eigenvalue weighted by Crippen LogP contribution is 2.19. The molecule has 3 nitrogen and oxygen atoms in total. The molecule has 0 aromatic heterocycles. The molecule has 0 amide bonds. The summed E-state index contributed by atoms with van der Waals surface area (Å²) in [5.41, 5.74) is 0.610. The topological polar surface area (TPSA) is 32.7 Å². The summed E-state index contributed by atoms with van der Waals surface area (Å²) in [5.74, 6) is 5.44. The van der Waals surface area contributed by atoms with E-state index in [9.17, 15) is 4.39 Å². The smallest absolute Gasteiger partial charge is 0.137 e. The fourth-order valence-electron chi connectivity index (χ4n) is 2.32. The van der Waals surface area contributed by atoms with Gasteiger partial charge in [-0.25, -0.2) is 4.39 Å². The van der Waals surface area contributed by atoms with Crippen molar-refractivity contribution in [3.8, 4) is 17.6 Å². The number of nitrogens with zero attached hydrogens (tertiary/aromatic N) is 1. The standard InChI is InChI=1S/C16H20FNO2/c17-15-7-6-14(5-4-11-19)16(13-15)20-12-10-18-8-2-1-3-9-18/h6-7,13,19H,1-3,8-12H2. The van der Waals surface area contributed by atoms with Crippen molar-refractivity contribution in [2.75, 3.05) is 32.8 Å². The molecule has 0 aliphatic carbocycles. The number of benzene rings is 1. The van der Waals surface area contributed by atoms with Crippen LogP contribution in [0.1, 0.15) is 24.8 Å². The van der Waals surface area contributed by atoms with Gasteiger partial charge in [-0.05, 0) is 38.1 Å². The first kappa shape index (κ1) is 14.8. The van der Waals surface area contributed by atoms with E-state index in [4.69, 9.17) is 9.84 Å². The lowest BCUT2D eigenvalue weighted by Gasteiger charge is -2.26. The van der Waals surface area contributed by atoms with Gasteiger partial charge in [-0.3, -0.25) is 4.90 Å². The monoisotopic (exact) mass is 277 g/mol. The van der Waals surface area contributed by atoms with E-state index in [1.165, 1.54) is 31.4 Å². The highest BCUT2D eigenvalue weighted by Gasteiger charge is 2.10. The number of halogens is 1. The zero-order valence-corrected chi connectivity index (χ0v) is 11.6. The summed E-state index contributed by atoms with van der Waals surface area (Å²) in [6.07, 6.45) is 3.79. The molecule has 0 spiro atoms. The molecule has 108 valence electrons. The fraction of sp³-hybridized carbons (Fsp3) is 0.500. The molecule has 1 heterocycles. The van der Waals surface area contributed by atoms with Gasteiger partial charge in [-0.15, -0.1) is 0 Å². The Morgan fingerprint density at radius 3 is 2.80 bits per heavy atom. The average Bonchev–Trinajstić information content (AvgIpc) is 2.47. The summed E-state index contributed by atoms with van der Waals surface area (Å²) < 4.78 is 18.9. The van der Waals surface area contributed by atoms with Gasteiger partial charge in [0.15, 0.2) is 0 Å². The lowest BCUT2D eigenvalue weighted by atomic mass is 10.1. The van der Waals surface area contributed by atoms with Crippen molar-refractivity contribution in [2.45, 2.75) is 19.3 Å². The number of piperidine rings is 1. The van der Waals surface area contributed by atoms with Gasteiger partial charge in [0.25, 0.3) is 0 Å². The molecule has 0 saturated carbocycles. The van der Waals surface area contributed by atoms with E-state index in [1.54, 1.807) is 6.07 Å². The molecular formula is C16H20FNO2. The molecule has 0 atom stereocenters. The minimum Gasteiger partial charge on any atom is -0.491 e. The van der Waals surface area contributed by atoms with Gasteiger partial charge >= 0.3 is 0 Å². The number of aliphatic hydroxyl groups is 1. The molecule has 1 N–H and O–H groups in total. The van der Waals surface area contributed by atoms with Crippen LogP contribution in [0.3, 0.4) is 0 Å². The molecule has 2 rings (SSSR count). The summed E-state index contributed by atoms with van der Waals surface area (Å²) in [4.78, 5) is 2.36. The molecule has 1 aliphatic rings. The van der Waals surface area contributed by atoms with Crippen molar-refractivity contribution in [2.24, 2.45) is 0 Å². The zero-order valence-electron chi connectivity index (χ0n) is 11.6. The first-order chi connectivity index (χ1) is 9.79. The molecule has 4 heteroatoms. The van der Waals surface area contributed by atoms with Crippen LogP contribution in [0.4, 0.5) is 4.39 Å². The molecule has 1 aromatic carbocycles. The van der Waals surface area contributed by atoms with Gasteiger partial charge in [-0.1, -0.05) is 18.3 Å². The average molecular weight is 277 g/mol. The van der Waals surface area contributed by atoms with Gasteiger partial charge in [0, 0.05) is 12.6 Å². The Morgan fingerprint density at radius 2 is 2.05 bits per heavy atom. The summed E-state index contributed by atoms with van der Waals surface area (Å²) in [7, 11) is 0. The molecular weight excluding hydrogens is 257 g/mol. The SMILES string of the molecule is OCC#Cc1ccc(F)cc1OCCN1CCCCC1. The van der Waals surface area contributed by atoms with Crippen molar-refractivity contribution in [3.05, 3.63) is 29.6 Å². The molecule has 1 aliphatic heterocycles. The van der Waals surface area contributed by atoms with Gasteiger partial charge in [0.2, 0.25) is 0 Å². The molecule has 0 radical (unpaired) electrons. The highest BCUT2D eigenvalue weighted by atomic mass is 19.1. The molecule has 1 fully saturated rings. The second kappa shape index (κ2) is 7.88. The predicted octanol–water partition coefficient (Wildman–Crippen LogP) is 2.03. The van der Waals surface area contributed by atoms with Gasteiger partial charge in [0.05, 0.1) is 5.56 Å². The number of rotatable bonds is 4. The minimum atomic E-state index is -0.340. The Hall–Kier alpha value is -1.57. The highest BCUT2D eigenvalue weighted by molar-refractivity contribution is 5.46. The van der Waals surface area contributed by atoms with Crippen LogP contribution in [0.25, 0.3) is 0 Å². The lowest BCUT2D eigenvalue weighted by molar-refractivity contribution is 0.183. The predicted molar refractivity (Wildman–Crippen MR) is 76.1 cm³/mol. The van der Waals surface area contributed by atoms with Crippen molar-refractivity contribution in [1.82, 2.24) is 4.90 Å². The van der Waals surface area contributed by atoms with Gasteiger partial charge < -0.3 is 9.84 Å². The van der Waals surface area contributed by atoms with Crippen molar-refractivity contribution in [3.63, 3.8) is 0 Å². The fourth-order valence-corrected chi connectivity index (χ4v) is 2.32. The Balaban J connectivity index is 1.91. The van der Waals surface area contributed by atoms with E-state index in [0.29, 0.717) is 17.9 Å². The molecule has 0 bridgehead atoms. The maximum Gasteiger partial charge on any atom is 0.137 e. The molecule has 1 aromatic rings. The van der Waals surface area contributed by atoms with Crippen LogP contribution in [-0.4, -0.2) is 42.9 Å².